The van der Waals surface area contributed by atoms with Gasteiger partial charge < -0.3 is 16.0 Å². The van der Waals surface area contributed by atoms with Crippen molar-refractivity contribution in [3.63, 3.8) is 0 Å². The second-order valence-corrected chi connectivity index (χ2v) is 1.54. The summed E-state index contributed by atoms with van der Waals surface area (Å²) in [7, 11) is 0. The Morgan fingerprint density at radius 3 is 2.40 bits per heavy atom. The van der Waals surface area contributed by atoms with Crippen LogP contribution in [0.1, 0.15) is 0 Å². The minimum atomic E-state index is -0.749. The van der Waals surface area contributed by atoms with Gasteiger partial charge in [0.25, 0.3) is 0 Å². The molecule has 0 amide bonds. The molecule has 0 atom stereocenters. The molecule has 1 rings (SSSR count). The smallest absolute Gasteiger partial charge is 0.375 e. The SMILES string of the molecule is Nc1noc(N)c1[N+](=O)[O-]. The zero-order chi connectivity index (χ0) is 7.72. The molecule has 4 N–H and O–H groups in total. The van der Waals surface area contributed by atoms with E-state index in [-0.39, 0.29) is 11.7 Å². The molecule has 0 radical (unpaired) electrons. The first-order valence-electron chi connectivity index (χ1n) is 2.28. The number of nitrogen functional groups attached to an aromatic ring is 2. The molecular formula is C3H4N4O3. The zero-order valence-electron chi connectivity index (χ0n) is 4.77. The molecule has 0 saturated heterocycles. The predicted molar refractivity (Wildman–Crippen MR) is 32.0 cm³/mol. The van der Waals surface area contributed by atoms with Crippen molar-refractivity contribution in [3.8, 4) is 0 Å². The van der Waals surface area contributed by atoms with Crippen LogP contribution < -0.4 is 11.5 Å². The number of rotatable bonds is 1. The third-order valence-corrected chi connectivity index (χ3v) is 0.901. The number of aromatic nitrogens is 1. The van der Waals surface area contributed by atoms with Gasteiger partial charge >= 0.3 is 11.6 Å². The van der Waals surface area contributed by atoms with E-state index in [1.807, 2.05) is 0 Å². The molecule has 7 nitrogen and oxygen atoms in total. The van der Waals surface area contributed by atoms with Crippen LogP contribution >= 0.6 is 0 Å². The summed E-state index contributed by atoms with van der Waals surface area (Å²) in [6, 6.07) is 0. The van der Waals surface area contributed by atoms with Gasteiger partial charge in [-0.05, 0) is 0 Å². The van der Waals surface area contributed by atoms with Crippen molar-refractivity contribution in [2.75, 3.05) is 11.5 Å². The first-order chi connectivity index (χ1) is 4.63. The summed E-state index contributed by atoms with van der Waals surface area (Å²) in [6.45, 7) is 0. The first kappa shape index (κ1) is 6.33. The molecule has 1 heterocycles. The maximum absolute atomic E-state index is 10.0. The number of nitro groups is 1. The van der Waals surface area contributed by atoms with Gasteiger partial charge in [0.15, 0.2) is 0 Å². The predicted octanol–water partition coefficient (Wildman–Crippen LogP) is -0.253. The van der Waals surface area contributed by atoms with E-state index in [1.54, 1.807) is 0 Å². The van der Waals surface area contributed by atoms with Crippen LogP contribution in [0.25, 0.3) is 0 Å². The fourth-order valence-corrected chi connectivity index (χ4v) is 0.495. The fourth-order valence-electron chi connectivity index (χ4n) is 0.495. The quantitative estimate of drug-likeness (QED) is 0.413. The van der Waals surface area contributed by atoms with Crippen molar-refractivity contribution in [3.05, 3.63) is 10.1 Å². The summed E-state index contributed by atoms with van der Waals surface area (Å²) in [5, 5.41) is 13.1. The van der Waals surface area contributed by atoms with Crippen molar-refractivity contribution >= 4 is 17.4 Å². The van der Waals surface area contributed by atoms with Crippen LogP contribution in [-0.2, 0) is 0 Å². The molecule has 1 aromatic rings. The highest BCUT2D eigenvalue weighted by Gasteiger charge is 2.22. The molecule has 0 aliphatic rings. The molecule has 10 heavy (non-hydrogen) atoms. The van der Waals surface area contributed by atoms with Gasteiger partial charge in [0, 0.05) is 0 Å². The highest BCUT2D eigenvalue weighted by atomic mass is 16.6. The van der Waals surface area contributed by atoms with Crippen LogP contribution in [0.15, 0.2) is 4.52 Å². The number of nitrogens with zero attached hydrogens (tertiary/aromatic N) is 2. The largest absolute Gasteiger partial charge is 0.376 e. The van der Waals surface area contributed by atoms with Crippen molar-refractivity contribution in [2.45, 2.75) is 0 Å². The highest BCUT2D eigenvalue weighted by Crippen LogP contribution is 2.26. The van der Waals surface area contributed by atoms with Gasteiger partial charge in [0.2, 0.25) is 5.82 Å². The summed E-state index contributed by atoms with van der Waals surface area (Å²) in [4.78, 5) is 9.30. The fraction of sp³-hybridized carbons (Fsp3) is 0. The molecule has 0 aliphatic heterocycles. The zero-order valence-corrected chi connectivity index (χ0v) is 4.77. The van der Waals surface area contributed by atoms with Gasteiger partial charge in [-0.15, -0.1) is 0 Å². The number of hydrogen-bond acceptors (Lipinski definition) is 6. The third-order valence-electron chi connectivity index (χ3n) is 0.901. The standard InChI is InChI=1S/C3H4N4O3/c4-2-1(7(8)9)3(5)10-6-2/h5H2,(H2,4,6). The molecule has 0 fully saturated rings. The van der Waals surface area contributed by atoms with Crippen LogP contribution in [0.4, 0.5) is 17.4 Å². The van der Waals surface area contributed by atoms with Crippen molar-refractivity contribution in [1.29, 1.82) is 0 Å². The van der Waals surface area contributed by atoms with Crippen molar-refractivity contribution < 1.29 is 9.45 Å². The summed E-state index contributed by atoms with van der Waals surface area (Å²) in [5.74, 6) is -0.676. The van der Waals surface area contributed by atoms with E-state index in [0.717, 1.165) is 0 Å². The summed E-state index contributed by atoms with van der Waals surface area (Å²) >= 11 is 0. The number of hydrogen-bond donors (Lipinski definition) is 2. The van der Waals surface area contributed by atoms with Gasteiger partial charge in [-0.1, -0.05) is 5.16 Å². The molecule has 54 valence electrons. The second kappa shape index (κ2) is 1.87. The Morgan fingerprint density at radius 1 is 1.60 bits per heavy atom. The monoisotopic (exact) mass is 144 g/mol. The van der Waals surface area contributed by atoms with Gasteiger partial charge in [0.05, 0.1) is 4.92 Å². The van der Waals surface area contributed by atoms with E-state index < -0.39 is 10.6 Å². The summed E-state index contributed by atoms with van der Waals surface area (Å²) < 4.78 is 4.22. The van der Waals surface area contributed by atoms with E-state index in [0.29, 0.717) is 0 Å². The Hall–Kier alpha value is -1.79. The normalized spacial score (nSPS) is 9.60. The maximum atomic E-state index is 10.0. The molecule has 0 aromatic carbocycles. The Kier molecular flexibility index (Phi) is 1.18. The second-order valence-electron chi connectivity index (χ2n) is 1.54. The lowest BCUT2D eigenvalue weighted by atomic mass is 10.5. The average Bonchev–Trinajstić information content (AvgIpc) is 2.11. The Balaban J connectivity index is 3.23. The molecule has 0 aliphatic carbocycles. The van der Waals surface area contributed by atoms with Gasteiger partial charge in [-0.25, -0.2) is 0 Å². The molecule has 0 saturated carbocycles. The number of anilines is 2. The molecule has 0 spiro atoms. The van der Waals surface area contributed by atoms with Crippen LogP contribution in [0.2, 0.25) is 0 Å². The van der Waals surface area contributed by atoms with E-state index in [4.69, 9.17) is 11.5 Å². The topological polar surface area (TPSA) is 121 Å². The van der Waals surface area contributed by atoms with Gasteiger partial charge in [-0.3, -0.25) is 10.1 Å². The van der Waals surface area contributed by atoms with E-state index >= 15 is 0 Å². The lowest BCUT2D eigenvalue weighted by Gasteiger charge is -1.83. The van der Waals surface area contributed by atoms with E-state index in [1.165, 1.54) is 0 Å². The van der Waals surface area contributed by atoms with E-state index in [2.05, 4.69) is 9.68 Å². The lowest BCUT2D eigenvalue weighted by molar-refractivity contribution is -0.383. The molecular weight excluding hydrogens is 140 g/mol. The Labute approximate surface area is 54.7 Å². The maximum Gasteiger partial charge on any atom is 0.376 e. The molecule has 7 heteroatoms. The van der Waals surface area contributed by atoms with Crippen LogP contribution in [-0.4, -0.2) is 10.1 Å². The van der Waals surface area contributed by atoms with Crippen LogP contribution in [0.5, 0.6) is 0 Å². The third kappa shape index (κ3) is 0.729. The minimum Gasteiger partial charge on any atom is -0.375 e. The van der Waals surface area contributed by atoms with Crippen LogP contribution in [0, 0.1) is 10.1 Å². The first-order valence-corrected chi connectivity index (χ1v) is 2.28. The summed E-state index contributed by atoms with van der Waals surface area (Å²) in [5.41, 5.74) is 9.54. The van der Waals surface area contributed by atoms with Crippen molar-refractivity contribution in [2.24, 2.45) is 0 Å². The number of nitrogens with two attached hydrogens (primary N) is 2. The molecule has 0 bridgehead atoms. The molecule has 1 aromatic heterocycles. The van der Waals surface area contributed by atoms with Gasteiger partial charge in [-0.2, -0.15) is 0 Å². The van der Waals surface area contributed by atoms with E-state index in [9.17, 15) is 10.1 Å². The highest BCUT2D eigenvalue weighted by molar-refractivity contribution is 5.63. The van der Waals surface area contributed by atoms with Crippen LogP contribution in [0.3, 0.4) is 0 Å². The Bertz CT molecular complexity index is 247. The lowest BCUT2D eigenvalue weighted by Crippen LogP contribution is -1.95. The summed E-state index contributed by atoms with van der Waals surface area (Å²) in [6.07, 6.45) is 0. The Morgan fingerprint density at radius 2 is 2.20 bits per heavy atom. The van der Waals surface area contributed by atoms with Crippen molar-refractivity contribution in [1.82, 2.24) is 5.16 Å². The average molecular weight is 144 g/mol. The minimum absolute atomic E-state index is 0.303. The van der Waals surface area contributed by atoms with Gasteiger partial charge in [0.1, 0.15) is 0 Å². The molecule has 0 unspecified atom stereocenters.